The second-order valence-electron chi connectivity index (χ2n) is 8.47. The molecule has 2 aliphatic heterocycles. The van der Waals surface area contributed by atoms with Gasteiger partial charge in [-0.25, -0.2) is 4.98 Å². The molecular formula is C23H33ClN6O. The third kappa shape index (κ3) is 5.27. The number of alkyl halides is 1. The number of morpholine rings is 1. The largest absolute Gasteiger partial charge is 0.379 e. The van der Waals surface area contributed by atoms with Crippen molar-refractivity contribution >= 4 is 40.0 Å². The maximum absolute atomic E-state index is 6.11. The van der Waals surface area contributed by atoms with Crippen LogP contribution in [0.4, 0.5) is 5.95 Å². The molecule has 1 unspecified atom stereocenters. The minimum atomic E-state index is 0.0923. The first kappa shape index (κ1) is 22.2. The molecule has 3 heterocycles. The molecule has 31 heavy (non-hydrogen) atoms. The van der Waals surface area contributed by atoms with Crippen molar-refractivity contribution in [3.63, 3.8) is 0 Å². The highest BCUT2D eigenvalue weighted by Crippen LogP contribution is 2.25. The van der Waals surface area contributed by atoms with E-state index in [2.05, 4.69) is 33.8 Å². The van der Waals surface area contributed by atoms with Gasteiger partial charge in [0.25, 0.3) is 0 Å². The summed E-state index contributed by atoms with van der Waals surface area (Å²) in [5.41, 5.74) is 5.23. The molecule has 1 saturated heterocycles. The van der Waals surface area contributed by atoms with Crippen molar-refractivity contribution in [3.05, 3.63) is 23.8 Å². The number of fused-ring (bicyclic) bond motifs is 1. The van der Waals surface area contributed by atoms with Crippen LogP contribution in [0.1, 0.15) is 32.8 Å². The Kier molecular flexibility index (Phi) is 7.25. The molecule has 1 fully saturated rings. The zero-order valence-corrected chi connectivity index (χ0v) is 19.5. The van der Waals surface area contributed by atoms with Gasteiger partial charge >= 0.3 is 0 Å². The normalized spacial score (nSPS) is 22.5. The highest BCUT2D eigenvalue weighted by molar-refractivity contribution is 6.41. The molecule has 0 saturated carbocycles. The van der Waals surface area contributed by atoms with Crippen LogP contribution in [0, 0.1) is 0 Å². The van der Waals surface area contributed by atoms with Crippen molar-refractivity contribution < 1.29 is 4.74 Å². The van der Waals surface area contributed by atoms with Crippen molar-refractivity contribution in [2.24, 2.45) is 9.98 Å². The molecule has 1 N–H and O–H groups in total. The SMILES string of the molecule is CC1=NC(Cn2c(NCCCN3CCOCC3)nc3ccc(CCl)cc32)[C@@H](C)N=C1C. The maximum Gasteiger partial charge on any atom is 0.203 e. The number of nitrogens with zero attached hydrogens (tertiary/aromatic N) is 5. The van der Waals surface area contributed by atoms with E-state index in [0.29, 0.717) is 5.88 Å². The number of rotatable bonds is 8. The number of hydrogen-bond donors (Lipinski definition) is 1. The third-order valence-electron chi connectivity index (χ3n) is 6.21. The first-order valence-electron chi connectivity index (χ1n) is 11.2. The van der Waals surface area contributed by atoms with Gasteiger partial charge in [-0.1, -0.05) is 6.07 Å². The Morgan fingerprint density at radius 1 is 1.16 bits per heavy atom. The van der Waals surface area contributed by atoms with Gasteiger partial charge in [-0.2, -0.15) is 0 Å². The minimum Gasteiger partial charge on any atom is -0.379 e. The van der Waals surface area contributed by atoms with Crippen LogP contribution in [-0.2, 0) is 17.2 Å². The van der Waals surface area contributed by atoms with Crippen molar-refractivity contribution in [3.8, 4) is 0 Å². The number of imidazole rings is 1. The molecule has 1 aromatic heterocycles. The average molecular weight is 445 g/mol. The highest BCUT2D eigenvalue weighted by Gasteiger charge is 2.24. The van der Waals surface area contributed by atoms with Gasteiger partial charge in [0.1, 0.15) is 0 Å². The summed E-state index contributed by atoms with van der Waals surface area (Å²) in [5.74, 6) is 1.39. The molecular weight excluding hydrogens is 412 g/mol. The number of nitrogens with one attached hydrogen (secondary N) is 1. The van der Waals surface area contributed by atoms with E-state index in [4.69, 9.17) is 31.3 Å². The first-order chi connectivity index (χ1) is 15.0. The van der Waals surface area contributed by atoms with Gasteiger partial charge in [0, 0.05) is 25.5 Å². The second kappa shape index (κ2) is 10.1. The van der Waals surface area contributed by atoms with Gasteiger partial charge < -0.3 is 14.6 Å². The molecule has 0 bridgehead atoms. The Bertz CT molecular complexity index is 962. The van der Waals surface area contributed by atoms with Crippen molar-refractivity contribution in [2.45, 2.75) is 51.7 Å². The monoisotopic (exact) mass is 444 g/mol. The van der Waals surface area contributed by atoms with Gasteiger partial charge in [-0.15, -0.1) is 11.6 Å². The van der Waals surface area contributed by atoms with Crippen LogP contribution in [0.2, 0.25) is 0 Å². The smallest absolute Gasteiger partial charge is 0.203 e. The van der Waals surface area contributed by atoms with E-state index in [1.807, 2.05) is 19.9 Å². The average Bonchev–Trinajstić information content (AvgIpc) is 3.12. The molecule has 4 rings (SSSR count). The highest BCUT2D eigenvalue weighted by atomic mass is 35.5. The van der Waals surface area contributed by atoms with E-state index < -0.39 is 0 Å². The van der Waals surface area contributed by atoms with Crippen molar-refractivity contribution in [1.29, 1.82) is 0 Å². The summed E-state index contributed by atoms with van der Waals surface area (Å²) in [6.45, 7) is 12.6. The fraction of sp³-hybridized carbons (Fsp3) is 0.609. The van der Waals surface area contributed by atoms with Gasteiger partial charge in [-0.05, 0) is 51.4 Å². The molecule has 2 aromatic rings. The fourth-order valence-electron chi connectivity index (χ4n) is 4.21. The molecule has 7 nitrogen and oxygen atoms in total. The number of benzene rings is 1. The predicted octanol–water partition coefficient (Wildman–Crippen LogP) is 3.60. The van der Waals surface area contributed by atoms with Gasteiger partial charge in [0.15, 0.2) is 0 Å². The van der Waals surface area contributed by atoms with Crippen LogP contribution in [0.15, 0.2) is 28.2 Å². The Labute approximate surface area is 189 Å². The summed E-state index contributed by atoms with van der Waals surface area (Å²) < 4.78 is 7.70. The second-order valence-corrected chi connectivity index (χ2v) is 8.74. The third-order valence-corrected chi connectivity index (χ3v) is 6.52. The molecule has 1 aromatic carbocycles. The summed E-state index contributed by atoms with van der Waals surface area (Å²) in [4.78, 5) is 17.1. The molecule has 2 atom stereocenters. The quantitative estimate of drug-likeness (QED) is 0.499. The van der Waals surface area contributed by atoms with Gasteiger partial charge in [-0.3, -0.25) is 14.9 Å². The van der Waals surface area contributed by atoms with Crippen LogP contribution in [0.5, 0.6) is 0 Å². The number of ether oxygens (including phenoxy) is 1. The Hall–Kier alpha value is -1.96. The Morgan fingerprint density at radius 3 is 2.71 bits per heavy atom. The molecule has 0 aliphatic carbocycles. The van der Waals surface area contributed by atoms with E-state index in [0.717, 1.165) is 86.3 Å². The summed E-state index contributed by atoms with van der Waals surface area (Å²) in [6, 6.07) is 6.49. The van der Waals surface area contributed by atoms with E-state index in [1.165, 1.54) is 0 Å². The maximum atomic E-state index is 6.11. The van der Waals surface area contributed by atoms with Crippen LogP contribution in [0.25, 0.3) is 11.0 Å². The lowest BCUT2D eigenvalue weighted by Crippen LogP contribution is -2.37. The lowest BCUT2D eigenvalue weighted by molar-refractivity contribution is 0.0378. The molecule has 0 spiro atoms. The summed E-state index contributed by atoms with van der Waals surface area (Å²) in [5, 5.41) is 3.58. The number of halogens is 1. The molecule has 8 heteroatoms. The molecule has 0 radical (unpaired) electrons. The standard InChI is InChI=1S/C23H33ClN6O/c1-16-17(2)27-21(18(3)26-16)15-30-22-13-19(14-24)5-6-20(22)28-23(30)25-7-4-8-29-9-11-31-12-10-29/h5-6,13,18,21H,4,7-12,14-15H2,1-3H3,(H,25,28)/t18-,21?/m1/s1. The summed E-state index contributed by atoms with van der Waals surface area (Å²) in [6.07, 6.45) is 1.07. The van der Waals surface area contributed by atoms with E-state index in [9.17, 15) is 0 Å². The molecule has 168 valence electrons. The van der Waals surface area contributed by atoms with E-state index in [1.54, 1.807) is 0 Å². The van der Waals surface area contributed by atoms with Crippen molar-refractivity contribution in [1.82, 2.24) is 14.5 Å². The lowest BCUT2D eigenvalue weighted by atomic mass is 10.1. The van der Waals surface area contributed by atoms with Gasteiger partial charge in [0.05, 0.1) is 54.3 Å². The summed E-state index contributed by atoms with van der Waals surface area (Å²) >= 11 is 6.11. The fourth-order valence-corrected chi connectivity index (χ4v) is 4.38. The zero-order valence-electron chi connectivity index (χ0n) is 18.8. The number of anilines is 1. The topological polar surface area (TPSA) is 67.0 Å². The Balaban J connectivity index is 1.51. The van der Waals surface area contributed by atoms with Crippen LogP contribution in [-0.4, -0.2) is 77.4 Å². The van der Waals surface area contributed by atoms with E-state index >= 15 is 0 Å². The van der Waals surface area contributed by atoms with E-state index in [-0.39, 0.29) is 12.1 Å². The lowest BCUT2D eigenvalue weighted by Gasteiger charge is -2.26. The molecule has 2 aliphatic rings. The predicted molar refractivity (Wildman–Crippen MR) is 129 cm³/mol. The minimum absolute atomic E-state index is 0.0923. The Morgan fingerprint density at radius 2 is 1.94 bits per heavy atom. The first-order valence-corrected chi connectivity index (χ1v) is 11.8. The van der Waals surface area contributed by atoms with Gasteiger partial charge in [0.2, 0.25) is 5.95 Å². The number of hydrogen-bond acceptors (Lipinski definition) is 6. The van der Waals surface area contributed by atoms with Crippen LogP contribution < -0.4 is 5.32 Å². The number of aromatic nitrogens is 2. The summed E-state index contributed by atoms with van der Waals surface area (Å²) in [7, 11) is 0. The van der Waals surface area contributed by atoms with Crippen LogP contribution in [0.3, 0.4) is 0 Å². The molecule has 0 amide bonds. The number of aliphatic imine (C=N–C) groups is 2. The zero-order chi connectivity index (χ0) is 21.8. The van der Waals surface area contributed by atoms with Crippen molar-refractivity contribution in [2.75, 3.05) is 44.7 Å². The van der Waals surface area contributed by atoms with Crippen LogP contribution >= 0.6 is 11.6 Å².